The second-order valence-corrected chi connectivity index (χ2v) is 9.49. The van der Waals surface area contributed by atoms with Crippen molar-refractivity contribution >= 4 is 27.9 Å². The van der Waals surface area contributed by atoms with Crippen molar-refractivity contribution in [3.05, 3.63) is 53.3 Å². The molecule has 0 saturated carbocycles. The molecule has 0 aliphatic heterocycles. The van der Waals surface area contributed by atoms with Crippen LogP contribution < -0.4 is 37.9 Å². The Kier molecular flexibility index (Phi) is 9.36. The number of ether oxygens (including phenoxy) is 7. The number of benzene rings is 3. The molecule has 0 atom stereocenters. The van der Waals surface area contributed by atoms with Crippen LogP contribution in [0.25, 0.3) is 12.2 Å². The quantitative estimate of drug-likeness (QED) is 0.309. The molecule has 0 spiro atoms. The number of anilines is 1. The minimum Gasteiger partial charge on any atom is -0.493 e. The summed E-state index contributed by atoms with van der Waals surface area (Å²) in [7, 11) is 5.55. The van der Waals surface area contributed by atoms with Gasteiger partial charge in [0.1, 0.15) is 5.69 Å². The van der Waals surface area contributed by atoms with Gasteiger partial charge < -0.3 is 33.2 Å². The molecule has 0 aliphatic rings. The van der Waals surface area contributed by atoms with Gasteiger partial charge in [0.15, 0.2) is 34.6 Å². The lowest BCUT2D eigenvalue weighted by Gasteiger charge is -2.17. The lowest BCUT2D eigenvalue weighted by molar-refractivity contribution is 0.323. The van der Waals surface area contributed by atoms with E-state index in [2.05, 4.69) is 4.72 Å². The van der Waals surface area contributed by atoms with E-state index in [-0.39, 0.29) is 33.6 Å². The Bertz CT molecular complexity index is 1420. The second-order valence-electron chi connectivity index (χ2n) is 7.80. The molecule has 39 heavy (non-hydrogen) atoms. The average molecular weight is 564 g/mol. The normalized spacial score (nSPS) is 11.2. The predicted octanol–water partition coefficient (Wildman–Crippen LogP) is 4.86. The molecule has 0 heterocycles. The van der Waals surface area contributed by atoms with Crippen LogP contribution >= 0.6 is 0 Å². The van der Waals surface area contributed by atoms with Crippen molar-refractivity contribution in [2.24, 2.45) is 0 Å². The SMILES string of the molecule is COc1cc(/C=C\c2ccc(F)c(OC)c2NS(=O)(=O)c2cc(OC)c(OC)c(OC)c2)cc(OC)c1OC. The van der Waals surface area contributed by atoms with E-state index in [0.717, 1.165) is 0 Å². The minimum absolute atomic E-state index is 0.116. The van der Waals surface area contributed by atoms with Gasteiger partial charge in [-0.1, -0.05) is 12.2 Å². The first-order chi connectivity index (χ1) is 18.7. The van der Waals surface area contributed by atoms with E-state index < -0.39 is 15.8 Å². The lowest BCUT2D eigenvalue weighted by Crippen LogP contribution is -2.15. The number of halogens is 1. The minimum atomic E-state index is -4.29. The number of nitrogens with one attached hydrogen (secondary N) is 1. The number of hydrogen-bond donors (Lipinski definition) is 1. The largest absolute Gasteiger partial charge is 0.493 e. The van der Waals surface area contributed by atoms with E-state index in [1.807, 2.05) is 0 Å². The van der Waals surface area contributed by atoms with Gasteiger partial charge in [0.25, 0.3) is 10.0 Å². The maximum absolute atomic E-state index is 14.7. The summed E-state index contributed by atoms with van der Waals surface area (Å²) in [5, 5.41) is 0. The smallest absolute Gasteiger partial charge is 0.262 e. The van der Waals surface area contributed by atoms with Gasteiger partial charge in [-0.05, 0) is 29.8 Å². The zero-order valence-electron chi connectivity index (χ0n) is 22.6. The molecule has 1 N–H and O–H groups in total. The monoisotopic (exact) mass is 563 g/mol. The topological polar surface area (TPSA) is 111 Å². The first-order valence-electron chi connectivity index (χ1n) is 11.3. The molecule has 3 aromatic carbocycles. The van der Waals surface area contributed by atoms with Crippen LogP contribution in [0.15, 0.2) is 41.3 Å². The highest BCUT2D eigenvalue weighted by molar-refractivity contribution is 7.92. The molecule has 3 rings (SSSR count). The van der Waals surface area contributed by atoms with Gasteiger partial charge in [0, 0.05) is 17.7 Å². The fourth-order valence-corrected chi connectivity index (χ4v) is 4.93. The van der Waals surface area contributed by atoms with Crippen molar-refractivity contribution < 1.29 is 46.0 Å². The highest BCUT2D eigenvalue weighted by Gasteiger charge is 2.25. The zero-order chi connectivity index (χ0) is 28.7. The second kappa shape index (κ2) is 12.5. The van der Waals surface area contributed by atoms with Crippen molar-refractivity contribution in [3.8, 4) is 40.2 Å². The number of hydrogen-bond acceptors (Lipinski definition) is 9. The zero-order valence-corrected chi connectivity index (χ0v) is 23.4. The van der Waals surface area contributed by atoms with E-state index >= 15 is 0 Å². The van der Waals surface area contributed by atoms with Crippen LogP contribution in [0.5, 0.6) is 40.2 Å². The van der Waals surface area contributed by atoms with Gasteiger partial charge in [-0.2, -0.15) is 0 Å². The van der Waals surface area contributed by atoms with Gasteiger partial charge >= 0.3 is 0 Å². The molecule has 0 unspecified atom stereocenters. The van der Waals surface area contributed by atoms with Crippen molar-refractivity contribution in [3.63, 3.8) is 0 Å². The Balaban J connectivity index is 2.12. The molecule has 210 valence electrons. The maximum atomic E-state index is 14.7. The van der Waals surface area contributed by atoms with Crippen LogP contribution in [-0.4, -0.2) is 58.2 Å². The summed E-state index contributed by atoms with van der Waals surface area (Å²) in [4.78, 5) is -0.206. The van der Waals surface area contributed by atoms with Crippen molar-refractivity contribution in [2.75, 3.05) is 54.5 Å². The van der Waals surface area contributed by atoms with Gasteiger partial charge in [-0.15, -0.1) is 0 Å². The molecule has 0 bridgehead atoms. The lowest BCUT2D eigenvalue weighted by atomic mass is 10.1. The molecule has 0 aromatic heterocycles. The van der Waals surface area contributed by atoms with Crippen LogP contribution in [0, 0.1) is 5.82 Å². The Morgan fingerprint density at radius 3 is 1.54 bits per heavy atom. The number of rotatable bonds is 12. The van der Waals surface area contributed by atoms with Crippen LogP contribution in [0.4, 0.5) is 10.1 Å². The molecule has 10 nitrogen and oxygen atoms in total. The number of sulfonamides is 1. The first kappa shape index (κ1) is 29.2. The Morgan fingerprint density at radius 1 is 0.641 bits per heavy atom. The summed E-state index contributed by atoms with van der Waals surface area (Å²) in [5.41, 5.74) is 0.846. The summed E-state index contributed by atoms with van der Waals surface area (Å²) in [5.74, 6) is 0.698. The van der Waals surface area contributed by atoms with E-state index in [1.54, 1.807) is 24.3 Å². The predicted molar refractivity (Wildman–Crippen MR) is 145 cm³/mol. The molecular formula is C27H30FNO9S. The Morgan fingerprint density at radius 2 is 1.10 bits per heavy atom. The Hall–Kier alpha value is -4.32. The molecular weight excluding hydrogens is 533 g/mol. The van der Waals surface area contributed by atoms with Crippen LogP contribution in [0.2, 0.25) is 0 Å². The van der Waals surface area contributed by atoms with Crippen LogP contribution in [0.1, 0.15) is 11.1 Å². The molecule has 12 heteroatoms. The summed E-state index contributed by atoms with van der Waals surface area (Å²) in [6, 6.07) is 8.53. The summed E-state index contributed by atoms with van der Waals surface area (Å²) in [6.45, 7) is 0. The highest BCUT2D eigenvalue weighted by Crippen LogP contribution is 2.42. The molecule has 0 aliphatic carbocycles. The first-order valence-corrected chi connectivity index (χ1v) is 12.8. The van der Waals surface area contributed by atoms with E-state index in [4.69, 9.17) is 33.2 Å². The van der Waals surface area contributed by atoms with Crippen LogP contribution in [-0.2, 0) is 10.0 Å². The van der Waals surface area contributed by atoms with Gasteiger partial charge in [0.05, 0.1) is 54.7 Å². The van der Waals surface area contributed by atoms with E-state index in [1.165, 1.54) is 74.0 Å². The third kappa shape index (κ3) is 6.06. The standard InChI is InChI=1S/C27H30FNO9S/c1-32-20-12-16(13-21(33-2)26(20)37-6)8-9-17-10-11-19(28)25(36-5)24(17)29-39(30,31)18-14-22(34-3)27(38-7)23(15-18)35-4/h8-15,29H,1-7H3/b9-8-. The fraction of sp³-hybridized carbons (Fsp3) is 0.259. The summed E-state index contributed by atoms with van der Waals surface area (Å²) in [6.07, 6.45) is 3.27. The van der Waals surface area contributed by atoms with Crippen LogP contribution in [0.3, 0.4) is 0 Å². The molecule has 0 saturated heterocycles. The summed E-state index contributed by atoms with van der Waals surface area (Å²) >= 11 is 0. The third-order valence-electron chi connectivity index (χ3n) is 5.67. The van der Waals surface area contributed by atoms with Crippen molar-refractivity contribution in [2.45, 2.75) is 4.90 Å². The average Bonchev–Trinajstić information content (AvgIpc) is 2.95. The van der Waals surface area contributed by atoms with Gasteiger partial charge in [-0.25, -0.2) is 12.8 Å². The molecule has 3 aromatic rings. The van der Waals surface area contributed by atoms with E-state index in [0.29, 0.717) is 28.4 Å². The number of methoxy groups -OCH3 is 7. The van der Waals surface area contributed by atoms with E-state index in [9.17, 15) is 12.8 Å². The Labute approximate surface area is 226 Å². The maximum Gasteiger partial charge on any atom is 0.262 e. The summed E-state index contributed by atoms with van der Waals surface area (Å²) < 4.78 is 81.2. The third-order valence-corrected chi connectivity index (χ3v) is 7.00. The van der Waals surface area contributed by atoms with Crippen molar-refractivity contribution in [1.82, 2.24) is 0 Å². The fourth-order valence-electron chi connectivity index (χ4n) is 3.81. The van der Waals surface area contributed by atoms with Gasteiger partial charge in [-0.3, -0.25) is 4.72 Å². The highest BCUT2D eigenvalue weighted by atomic mass is 32.2. The molecule has 0 radical (unpaired) electrons. The molecule has 0 amide bonds. The molecule has 0 fully saturated rings. The van der Waals surface area contributed by atoms with Gasteiger partial charge in [0.2, 0.25) is 11.5 Å². The van der Waals surface area contributed by atoms with Crippen molar-refractivity contribution in [1.29, 1.82) is 0 Å².